The van der Waals surface area contributed by atoms with Gasteiger partial charge < -0.3 is 5.11 Å². The van der Waals surface area contributed by atoms with Gasteiger partial charge in [0, 0.05) is 11.1 Å². The van der Waals surface area contributed by atoms with Crippen molar-refractivity contribution in [2.75, 3.05) is 0 Å². The van der Waals surface area contributed by atoms with Crippen LogP contribution in [-0.2, 0) is 0 Å². The van der Waals surface area contributed by atoms with Crippen LogP contribution in [0.25, 0.3) is 11.1 Å². The molecular weight excluding hydrogens is 226 g/mol. The molecule has 0 aromatic heterocycles. The first-order valence-electron chi connectivity index (χ1n) is 4.88. The lowest BCUT2D eigenvalue weighted by atomic mass is 9.99. The quantitative estimate of drug-likeness (QED) is 0.865. The van der Waals surface area contributed by atoms with Gasteiger partial charge in [0.2, 0.25) is 0 Å². The second kappa shape index (κ2) is 4.33. The summed E-state index contributed by atoms with van der Waals surface area (Å²) in [6.07, 6.45) is 0. The molecule has 0 heterocycles. The minimum atomic E-state index is -1.42. The first-order chi connectivity index (χ1) is 8.11. The van der Waals surface area contributed by atoms with Gasteiger partial charge in [-0.25, -0.2) is 13.6 Å². The third kappa shape index (κ3) is 2.01. The summed E-state index contributed by atoms with van der Waals surface area (Å²) in [4.78, 5) is 11.0. The number of rotatable bonds is 2. The van der Waals surface area contributed by atoms with E-state index in [0.717, 1.165) is 6.07 Å². The SMILES string of the molecule is O=C(O)c1c(F)cccc1-c1ccccc1F. The van der Waals surface area contributed by atoms with Gasteiger partial charge in [-0.2, -0.15) is 0 Å². The predicted octanol–water partition coefficient (Wildman–Crippen LogP) is 3.33. The molecular formula is C13H8F2O2. The highest BCUT2D eigenvalue weighted by molar-refractivity contribution is 5.96. The fourth-order valence-electron chi connectivity index (χ4n) is 1.65. The predicted molar refractivity (Wildman–Crippen MR) is 58.8 cm³/mol. The van der Waals surface area contributed by atoms with Gasteiger partial charge in [-0.05, 0) is 12.1 Å². The number of carboxylic acid groups (broad SMARTS) is 1. The molecule has 0 aliphatic heterocycles. The molecule has 2 nitrogen and oxygen atoms in total. The van der Waals surface area contributed by atoms with Crippen molar-refractivity contribution in [2.24, 2.45) is 0 Å². The molecule has 1 N–H and O–H groups in total. The molecule has 0 bridgehead atoms. The van der Waals surface area contributed by atoms with Crippen LogP contribution in [-0.4, -0.2) is 11.1 Å². The van der Waals surface area contributed by atoms with E-state index >= 15 is 0 Å². The Kier molecular flexibility index (Phi) is 2.87. The van der Waals surface area contributed by atoms with Gasteiger partial charge in [0.15, 0.2) is 0 Å². The van der Waals surface area contributed by atoms with Crippen molar-refractivity contribution in [1.29, 1.82) is 0 Å². The number of aromatic carboxylic acids is 1. The van der Waals surface area contributed by atoms with Crippen LogP contribution >= 0.6 is 0 Å². The molecule has 0 aliphatic carbocycles. The zero-order valence-electron chi connectivity index (χ0n) is 8.65. The van der Waals surface area contributed by atoms with E-state index in [0.29, 0.717) is 0 Å². The molecule has 0 radical (unpaired) electrons. The average molecular weight is 234 g/mol. The molecule has 86 valence electrons. The van der Waals surface area contributed by atoms with Gasteiger partial charge in [-0.15, -0.1) is 0 Å². The topological polar surface area (TPSA) is 37.3 Å². The van der Waals surface area contributed by atoms with E-state index in [-0.39, 0.29) is 11.1 Å². The number of halogens is 2. The Hall–Kier alpha value is -2.23. The van der Waals surface area contributed by atoms with Crippen molar-refractivity contribution in [3.8, 4) is 11.1 Å². The second-order valence-electron chi connectivity index (χ2n) is 3.45. The number of hydrogen-bond acceptors (Lipinski definition) is 1. The Labute approximate surface area is 96.1 Å². The Morgan fingerprint density at radius 1 is 0.882 bits per heavy atom. The van der Waals surface area contributed by atoms with E-state index in [1.807, 2.05) is 0 Å². The molecule has 0 saturated heterocycles. The molecule has 2 aromatic carbocycles. The third-order valence-corrected chi connectivity index (χ3v) is 2.39. The molecule has 4 heteroatoms. The molecule has 0 spiro atoms. The van der Waals surface area contributed by atoms with Gasteiger partial charge in [-0.3, -0.25) is 0 Å². The van der Waals surface area contributed by atoms with Gasteiger partial charge >= 0.3 is 5.97 Å². The Bertz CT molecular complexity index is 579. The highest BCUT2D eigenvalue weighted by atomic mass is 19.1. The van der Waals surface area contributed by atoms with E-state index in [4.69, 9.17) is 5.11 Å². The summed E-state index contributed by atoms with van der Waals surface area (Å²) in [6, 6.07) is 9.43. The van der Waals surface area contributed by atoms with Crippen molar-refractivity contribution < 1.29 is 18.7 Å². The first-order valence-corrected chi connectivity index (χ1v) is 4.88. The monoisotopic (exact) mass is 234 g/mol. The van der Waals surface area contributed by atoms with Crippen molar-refractivity contribution in [3.63, 3.8) is 0 Å². The number of hydrogen-bond donors (Lipinski definition) is 1. The summed E-state index contributed by atoms with van der Waals surface area (Å²) in [6.45, 7) is 0. The van der Waals surface area contributed by atoms with E-state index in [9.17, 15) is 13.6 Å². The average Bonchev–Trinajstić information content (AvgIpc) is 2.28. The number of carbonyl (C=O) groups is 1. The second-order valence-corrected chi connectivity index (χ2v) is 3.45. The van der Waals surface area contributed by atoms with Crippen LogP contribution < -0.4 is 0 Å². The van der Waals surface area contributed by atoms with E-state index in [1.54, 1.807) is 6.07 Å². The molecule has 0 fully saturated rings. The lowest BCUT2D eigenvalue weighted by molar-refractivity contribution is 0.0693. The zero-order chi connectivity index (χ0) is 12.4. The molecule has 17 heavy (non-hydrogen) atoms. The molecule has 2 rings (SSSR count). The maximum Gasteiger partial charge on any atom is 0.339 e. The van der Waals surface area contributed by atoms with Crippen LogP contribution in [0.5, 0.6) is 0 Å². The van der Waals surface area contributed by atoms with Crippen LogP contribution in [0.2, 0.25) is 0 Å². The molecule has 0 amide bonds. The Balaban J connectivity index is 2.72. The van der Waals surface area contributed by atoms with Crippen molar-refractivity contribution >= 4 is 5.97 Å². The number of carboxylic acids is 1. The molecule has 0 unspecified atom stereocenters. The summed E-state index contributed by atoms with van der Waals surface area (Å²) >= 11 is 0. The van der Waals surface area contributed by atoms with Crippen molar-refractivity contribution in [2.45, 2.75) is 0 Å². The number of benzene rings is 2. The maximum atomic E-state index is 13.5. The van der Waals surface area contributed by atoms with Gasteiger partial charge in [0.25, 0.3) is 0 Å². The van der Waals surface area contributed by atoms with Crippen LogP contribution in [0.4, 0.5) is 8.78 Å². The fourth-order valence-corrected chi connectivity index (χ4v) is 1.65. The smallest absolute Gasteiger partial charge is 0.339 e. The lowest BCUT2D eigenvalue weighted by Gasteiger charge is -2.07. The largest absolute Gasteiger partial charge is 0.478 e. The minimum Gasteiger partial charge on any atom is -0.478 e. The van der Waals surface area contributed by atoms with Crippen molar-refractivity contribution in [3.05, 3.63) is 59.7 Å². The molecule has 0 aliphatic rings. The normalized spacial score (nSPS) is 10.2. The lowest BCUT2D eigenvalue weighted by Crippen LogP contribution is -2.04. The Morgan fingerprint density at radius 3 is 2.12 bits per heavy atom. The third-order valence-electron chi connectivity index (χ3n) is 2.39. The summed E-state index contributed by atoms with van der Waals surface area (Å²) < 4.78 is 27.0. The summed E-state index contributed by atoms with van der Waals surface area (Å²) in [5, 5.41) is 8.94. The van der Waals surface area contributed by atoms with Crippen LogP contribution in [0, 0.1) is 11.6 Å². The van der Waals surface area contributed by atoms with Crippen molar-refractivity contribution in [1.82, 2.24) is 0 Å². The highest BCUT2D eigenvalue weighted by Crippen LogP contribution is 2.27. The minimum absolute atomic E-state index is 0.0376. The Morgan fingerprint density at radius 2 is 1.47 bits per heavy atom. The maximum absolute atomic E-state index is 13.5. The zero-order valence-corrected chi connectivity index (χ0v) is 8.65. The summed E-state index contributed by atoms with van der Waals surface area (Å²) in [5.41, 5.74) is -0.405. The fraction of sp³-hybridized carbons (Fsp3) is 0. The van der Waals surface area contributed by atoms with E-state index in [2.05, 4.69) is 0 Å². The van der Waals surface area contributed by atoms with Crippen LogP contribution in [0.1, 0.15) is 10.4 Å². The first kappa shape index (κ1) is 11.3. The van der Waals surface area contributed by atoms with E-state index in [1.165, 1.54) is 30.3 Å². The molecule has 0 atom stereocenters. The van der Waals surface area contributed by atoms with Crippen LogP contribution in [0.3, 0.4) is 0 Å². The van der Waals surface area contributed by atoms with E-state index < -0.39 is 23.2 Å². The summed E-state index contributed by atoms with van der Waals surface area (Å²) in [7, 11) is 0. The highest BCUT2D eigenvalue weighted by Gasteiger charge is 2.18. The summed E-state index contributed by atoms with van der Waals surface area (Å²) in [5.74, 6) is -2.87. The molecule has 2 aromatic rings. The van der Waals surface area contributed by atoms with Gasteiger partial charge in [0.1, 0.15) is 17.2 Å². The van der Waals surface area contributed by atoms with Gasteiger partial charge in [-0.1, -0.05) is 30.3 Å². The molecule has 0 saturated carbocycles. The van der Waals surface area contributed by atoms with Gasteiger partial charge in [0.05, 0.1) is 0 Å². The van der Waals surface area contributed by atoms with Crippen LogP contribution in [0.15, 0.2) is 42.5 Å². The standard InChI is InChI=1S/C13H8F2O2/c14-10-6-2-1-4-8(10)9-5-3-7-11(15)12(9)13(16)17/h1-7H,(H,16,17).